The Hall–Kier alpha value is -1.33. The number of fused-ring (bicyclic) bond motifs is 2. The van der Waals surface area contributed by atoms with Crippen LogP contribution >= 0.6 is 0 Å². The molecule has 19 heavy (non-hydrogen) atoms. The second-order valence-corrected chi connectivity index (χ2v) is 6.60. The first-order chi connectivity index (χ1) is 8.99. The number of nitrogens with zero attached hydrogens (tertiary/aromatic N) is 1. The molecular weight excluding hydrogens is 234 g/mol. The van der Waals surface area contributed by atoms with E-state index in [0.717, 1.165) is 30.4 Å². The topological polar surface area (TPSA) is 44.0 Å². The molecule has 4 atom stereocenters. The molecule has 2 saturated carbocycles. The number of benzene rings is 1. The van der Waals surface area contributed by atoms with Crippen molar-refractivity contribution >= 4 is 0 Å². The molecule has 1 aromatic rings. The smallest absolute Gasteiger partial charge is 0.106 e. The molecular formula is C17H21NO. The number of aryl methyl sites for hydroxylation is 1. The molecule has 0 aliphatic heterocycles. The predicted octanol–water partition coefficient (Wildman–Crippen LogP) is 3.53. The molecule has 2 aliphatic rings. The van der Waals surface area contributed by atoms with E-state index in [-0.39, 0.29) is 0 Å². The first kappa shape index (κ1) is 12.7. The number of hydrogen-bond acceptors (Lipinski definition) is 2. The quantitative estimate of drug-likeness (QED) is 0.878. The Morgan fingerprint density at radius 1 is 1.42 bits per heavy atom. The van der Waals surface area contributed by atoms with Gasteiger partial charge in [0, 0.05) is 0 Å². The van der Waals surface area contributed by atoms with Crippen LogP contribution in [0.2, 0.25) is 0 Å². The molecule has 0 radical (unpaired) electrons. The monoisotopic (exact) mass is 255 g/mol. The molecule has 3 rings (SSSR count). The SMILES string of the molecule is Cc1cccc(C(C)(O)C2(C#N)CC3CCC2C3)c1. The predicted molar refractivity (Wildman–Crippen MR) is 74.2 cm³/mol. The number of rotatable bonds is 2. The Morgan fingerprint density at radius 3 is 2.74 bits per heavy atom. The third-order valence-electron chi connectivity index (χ3n) is 5.50. The van der Waals surface area contributed by atoms with Crippen molar-refractivity contribution in [3.8, 4) is 6.07 Å². The summed E-state index contributed by atoms with van der Waals surface area (Å²) in [6, 6.07) is 10.5. The van der Waals surface area contributed by atoms with Gasteiger partial charge < -0.3 is 5.11 Å². The van der Waals surface area contributed by atoms with E-state index in [4.69, 9.17) is 0 Å². The summed E-state index contributed by atoms with van der Waals surface area (Å²) in [6.45, 7) is 3.87. The maximum Gasteiger partial charge on any atom is 0.106 e. The van der Waals surface area contributed by atoms with Gasteiger partial charge in [-0.05, 0) is 50.5 Å². The molecule has 1 N–H and O–H groups in total. The molecule has 0 spiro atoms. The Balaban J connectivity index is 2.06. The average molecular weight is 255 g/mol. The molecule has 2 fully saturated rings. The van der Waals surface area contributed by atoms with Gasteiger partial charge in [0.2, 0.25) is 0 Å². The zero-order valence-corrected chi connectivity index (χ0v) is 11.7. The summed E-state index contributed by atoms with van der Waals surface area (Å²) in [5.41, 5.74) is 0.382. The summed E-state index contributed by atoms with van der Waals surface area (Å²) in [4.78, 5) is 0. The van der Waals surface area contributed by atoms with Gasteiger partial charge in [0.05, 0.1) is 11.5 Å². The van der Waals surface area contributed by atoms with Crippen LogP contribution in [0, 0.1) is 35.5 Å². The van der Waals surface area contributed by atoms with Crippen LogP contribution in [0.1, 0.15) is 43.7 Å². The molecule has 1 aromatic carbocycles. The summed E-state index contributed by atoms with van der Waals surface area (Å²) in [5, 5.41) is 21.0. The molecule has 2 bridgehead atoms. The summed E-state index contributed by atoms with van der Waals surface area (Å²) in [6.07, 6.45) is 4.31. The molecule has 0 aromatic heterocycles. The van der Waals surface area contributed by atoms with Gasteiger partial charge in [-0.15, -0.1) is 0 Å². The first-order valence-corrected chi connectivity index (χ1v) is 7.20. The maximum atomic E-state index is 11.2. The van der Waals surface area contributed by atoms with Crippen LogP contribution in [0.3, 0.4) is 0 Å². The van der Waals surface area contributed by atoms with Crippen LogP contribution in [0.5, 0.6) is 0 Å². The highest BCUT2D eigenvalue weighted by atomic mass is 16.3. The van der Waals surface area contributed by atoms with Crippen LogP contribution in [0.15, 0.2) is 24.3 Å². The zero-order chi connectivity index (χ0) is 13.7. The lowest BCUT2D eigenvalue weighted by atomic mass is 9.61. The van der Waals surface area contributed by atoms with Crippen LogP contribution < -0.4 is 0 Å². The average Bonchev–Trinajstić information content (AvgIpc) is 2.99. The second-order valence-electron chi connectivity index (χ2n) is 6.60. The molecule has 0 heterocycles. The van der Waals surface area contributed by atoms with Gasteiger partial charge in [0.15, 0.2) is 0 Å². The fraction of sp³-hybridized carbons (Fsp3) is 0.588. The van der Waals surface area contributed by atoms with E-state index in [1.165, 1.54) is 6.42 Å². The van der Waals surface area contributed by atoms with Crippen molar-refractivity contribution in [2.75, 3.05) is 0 Å². The number of nitriles is 1. The normalized spacial score (nSPS) is 35.9. The standard InChI is InChI=1S/C17H21NO/c1-12-4-3-5-14(8-12)16(2,19)17(11-18)10-13-6-7-15(17)9-13/h3-5,8,13,15,19H,6-7,9-10H2,1-2H3. The van der Waals surface area contributed by atoms with E-state index in [1.807, 2.05) is 38.1 Å². The van der Waals surface area contributed by atoms with E-state index in [1.54, 1.807) is 0 Å². The fourth-order valence-corrected chi connectivity index (χ4v) is 4.38. The van der Waals surface area contributed by atoms with E-state index >= 15 is 0 Å². The van der Waals surface area contributed by atoms with Gasteiger partial charge in [-0.2, -0.15) is 5.26 Å². The highest BCUT2D eigenvalue weighted by Gasteiger charge is 2.60. The molecule has 100 valence electrons. The Labute approximate surface area is 115 Å². The van der Waals surface area contributed by atoms with Crippen molar-refractivity contribution in [1.82, 2.24) is 0 Å². The highest BCUT2D eigenvalue weighted by molar-refractivity contribution is 5.33. The minimum Gasteiger partial charge on any atom is -0.384 e. The van der Waals surface area contributed by atoms with Crippen molar-refractivity contribution in [1.29, 1.82) is 5.26 Å². The van der Waals surface area contributed by atoms with Gasteiger partial charge in [-0.1, -0.05) is 36.2 Å². The van der Waals surface area contributed by atoms with Gasteiger partial charge in [-0.3, -0.25) is 0 Å². The lowest BCUT2D eigenvalue weighted by Crippen LogP contribution is -2.46. The van der Waals surface area contributed by atoms with Crippen molar-refractivity contribution in [3.05, 3.63) is 35.4 Å². The lowest BCUT2D eigenvalue weighted by Gasteiger charge is -2.43. The van der Waals surface area contributed by atoms with Gasteiger partial charge in [-0.25, -0.2) is 0 Å². The van der Waals surface area contributed by atoms with E-state index < -0.39 is 11.0 Å². The first-order valence-electron chi connectivity index (χ1n) is 7.20. The van der Waals surface area contributed by atoms with Crippen LogP contribution in [-0.4, -0.2) is 5.11 Å². The zero-order valence-electron chi connectivity index (χ0n) is 11.7. The van der Waals surface area contributed by atoms with E-state index in [2.05, 4.69) is 6.07 Å². The van der Waals surface area contributed by atoms with Crippen LogP contribution in [0.4, 0.5) is 0 Å². The maximum absolute atomic E-state index is 11.2. The molecule has 2 aliphatic carbocycles. The van der Waals surface area contributed by atoms with Crippen molar-refractivity contribution in [2.24, 2.45) is 17.3 Å². The minimum atomic E-state index is -1.05. The van der Waals surface area contributed by atoms with Crippen LogP contribution in [0.25, 0.3) is 0 Å². The molecule has 0 amide bonds. The minimum absolute atomic E-state index is 0.359. The Morgan fingerprint density at radius 2 is 2.21 bits per heavy atom. The van der Waals surface area contributed by atoms with Crippen molar-refractivity contribution in [3.63, 3.8) is 0 Å². The van der Waals surface area contributed by atoms with Crippen LogP contribution in [-0.2, 0) is 5.60 Å². The van der Waals surface area contributed by atoms with Gasteiger partial charge >= 0.3 is 0 Å². The Kier molecular flexibility index (Phi) is 2.73. The third kappa shape index (κ3) is 1.65. The second kappa shape index (κ2) is 4.08. The van der Waals surface area contributed by atoms with Gasteiger partial charge in [0.1, 0.15) is 5.60 Å². The van der Waals surface area contributed by atoms with Gasteiger partial charge in [0.25, 0.3) is 0 Å². The van der Waals surface area contributed by atoms with Crippen molar-refractivity contribution in [2.45, 2.75) is 45.1 Å². The molecule has 4 unspecified atom stereocenters. The summed E-state index contributed by atoms with van der Waals surface area (Å²) < 4.78 is 0. The van der Waals surface area contributed by atoms with E-state index in [0.29, 0.717) is 11.8 Å². The molecule has 2 heteroatoms. The Bertz CT molecular complexity index is 542. The lowest BCUT2D eigenvalue weighted by molar-refractivity contribution is -0.0734. The number of aliphatic hydroxyl groups is 1. The summed E-state index contributed by atoms with van der Waals surface area (Å²) in [5.74, 6) is 0.999. The van der Waals surface area contributed by atoms with Crippen molar-refractivity contribution < 1.29 is 5.11 Å². The molecule has 2 nitrogen and oxygen atoms in total. The summed E-state index contributed by atoms with van der Waals surface area (Å²) >= 11 is 0. The largest absolute Gasteiger partial charge is 0.384 e. The third-order valence-corrected chi connectivity index (χ3v) is 5.50. The number of hydrogen-bond donors (Lipinski definition) is 1. The molecule has 0 saturated heterocycles. The highest BCUT2D eigenvalue weighted by Crippen LogP contribution is 2.62. The fourth-order valence-electron chi connectivity index (χ4n) is 4.38. The van der Waals surface area contributed by atoms with E-state index in [9.17, 15) is 10.4 Å². The summed E-state index contributed by atoms with van der Waals surface area (Å²) in [7, 11) is 0.